The third kappa shape index (κ3) is 3.81. The molecule has 0 bridgehead atoms. The van der Waals surface area contributed by atoms with E-state index >= 15 is 0 Å². The quantitative estimate of drug-likeness (QED) is 0.749. The molecule has 80 valence electrons. The first-order valence-corrected chi connectivity index (χ1v) is 4.67. The smallest absolute Gasteiger partial charge is 0.338 e. The summed E-state index contributed by atoms with van der Waals surface area (Å²) in [4.78, 5) is 22.2. The fourth-order valence-corrected chi connectivity index (χ4v) is 1.02. The van der Waals surface area contributed by atoms with Crippen LogP contribution in [0.1, 0.15) is 16.8 Å². The number of hydrogen-bond donors (Lipinski definition) is 1. The second-order valence-electron chi connectivity index (χ2n) is 2.93. The van der Waals surface area contributed by atoms with Gasteiger partial charge < -0.3 is 10.1 Å². The molecule has 0 aliphatic carbocycles. The molecule has 1 aromatic carbocycles. The minimum Gasteiger partial charge on any atom is -0.462 e. The highest BCUT2D eigenvalue weighted by Gasteiger charge is 2.06. The van der Waals surface area contributed by atoms with Crippen LogP contribution in [0.2, 0.25) is 0 Å². The van der Waals surface area contributed by atoms with Gasteiger partial charge in [0.15, 0.2) is 0 Å². The van der Waals surface area contributed by atoms with Gasteiger partial charge in [-0.2, -0.15) is 0 Å². The molecule has 1 N–H and O–H groups in total. The lowest BCUT2D eigenvalue weighted by Gasteiger charge is -2.03. The summed E-state index contributed by atoms with van der Waals surface area (Å²) < 4.78 is 4.90. The molecule has 0 atom stereocenters. The first-order chi connectivity index (χ1) is 7.24. The van der Waals surface area contributed by atoms with Gasteiger partial charge in [0.2, 0.25) is 5.91 Å². The van der Waals surface area contributed by atoms with Gasteiger partial charge in [-0.25, -0.2) is 4.79 Å². The maximum absolute atomic E-state index is 11.4. The van der Waals surface area contributed by atoms with Crippen molar-refractivity contribution in [1.29, 1.82) is 0 Å². The zero-order valence-electron chi connectivity index (χ0n) is 8.53. The Hall–Kier alpha value is -1.84. The van der Waals surface area contributed by atoms with E-state index in [4.69, 9.17) is 4.74 Å². The van der Waals surface area contributed by atoms with Crippen molar-refractivity contribution in [3.63, 3.8) is 0 Å². The maximum Gasteiger partial charge on any atom is 0.338 e. The number of ether oxygens (including phenoxy) is 1. The average Bonchev–Trinajstić information content (AvgIpc) is 2.29. The van der Waals surface area contributed by atoms with Gasteiger partial charge in [-0.1, -0.05) is 18.2 Å². The van der Waals surface area contributed by atoms with Gasteiger partial charge in [-0.05, 0) is 12.1 Å². The summed E-state index contributed by atoms with van der Waals surface area (Å²) in [7, 11) is 1.54. The first kappa shape index (κ1) is 11.2. The Bertz CT molecular complexity index is 335. The minimum atomic E-state index is -0.403. The third-order valence-electron chi connectivity index (χ3n) is 1.85. The molecule has 0 fully saturated rings. The lowest BCUT2D eigenvalue weighted by molar-refractivity contribution is -0.121. The Balaban J connectivity index is 2.34. The van der Waals surface area contributed by atoms with E-state index in [0.29, 0.717) is 5.56 Å². The highest BCUT2D eigenvalue weighted by molar-refractivity contribution is 5.89. The molecular formula is C11H13NO3. The molecular weight excluding hydrogens is 194 g/mol. The van der Waals surface area contributed by atoms with E-state index < -0.39 is 5.97 Å². The second-order valence-corrected chi connectivity index (χ2v) is 2.93. The van der Waals surface area contributed by atoms with Crippen LogP contribution in [-0.4, -0.2) is 25.5 Å². The summed E-state index contributed by atoms with van der Waals surface area (Å²) in [5, 5.41) is 2.45. The average molecular weight is 207 g/mol. The number of rotatable bonds is 4. The van der Waals surface area contributed by atoms with Crippen LogP contribution >= 0.6 is 0 Å². The summed E-state index contributed by atoms with van der Waals surface area (Å²) in [5.74, 6) is -0.546. The van der Waals surface area contributed by atoms with Crippen LogP contribution in [0.25, 0.3) is 0 Å². The Kier molecular flexibility index (Phi) is 4.34. The van der Waals surface area contributed by atoms with E-state index in [-0.39, 0.29) is 18.9 Å². The Labute approximate surface area is 88.2 Å². The number of amides is 1. The van der Waals surface area contributed by atoms with Crippen molar-refractivity contribution >= 4 is 11.9 Å². The lowest BCUT2D eigenvalue weighted by atomic mass is 10.2. The van der Waals surface area contributed by atoms with E-state index in [1.807, 2.05) is 6.07 Å². The molecule has 0 radical (unpaired) electrons. The van der Waals surface area contributed by atoms with Crippen LogP contribution in [0.5, 0.6) is 0 Å². The van der Waals surface area contributed by atoms with Crippen LogP contribution in [0.15, 0.2) is 30.3 Å². The molecule has 0 saturated carbocycles. The molecule has 4 nitrogen and oxygen atoms in total. The van der Waals surface area contributed by atoms with Crippen LogP contribution in [0.3, 0.4) is 0 Å². The zero-order valence-corrected chi connectivity index (χ0v) is 8.53. The molecule has 4 heteroatoms. The van der Waals surface area contributed by atoms with Gasteiger partial charge in [0, 0.05) is 7.05 Å². The highest BCUT2D eigenvalue weighted by atomic mass is 16.5. The van der Waals surface area contributed by atoms with Crippen LogP contribution in [0.4, 0.5) is 0 Å². The van der Waals surface area contributed by atoms with Crippen molar-refractivity contribution in [3.05, 3.63) is 35.9 Å². The summed E-state index contributed by atoms with van der Waals surface area (Å²) in [6, 6.07) is 8.68. The molecule has 0 unspecified atom stereocenters. The normalized spacial score (nSPS) is 9.40. The molecule has 15 heavy (non-hydrogen) atoms. The fraction of sp³-hybridized carbons (Fsp3) is 0.273. The predicted molar refractivity (Wildman–Crippen MR) is 55.4 cm³/mol. The third-order valence-corrected chi connectivity index (χ3v) is 1.85. The van der Waals surface area contributed by atoms with E-state index in [9.17, 15) is 9.59 Å². The first-order valence-electron chi connectivity index (χ1n) is 4.67. The summed E-state index contributed by atoms with van der Waals surface area (Å²) in [6.07, 6.45) is 0.190. The molecule has 0 aromatic heterocycles. The molecule has 0 spiro atoms. The number of hydrogen-bond acceptors (Lipinski definition) is 3. The SMILES string of the molecule is CNC(=O)CCOC(=O)c1ccccc1. The van der Waals surface area contributed by atoms with Crippen molar-refractivity contribution in [3.8, 4) is 0 Å². The molecule has 0 aliphatic rings. The van der Waals surface area contributed by atoms with Crippen LogP contribution in [0, 0.1) is 0 Å². The number of nitrogens with one attached hydrogen (secondary N) is 1. The standard InChI is InChI=1S/C11H13NO3/c1-12-10(13)7-8-15-11(14)9-5-3-2-4-6-9/h2-6H,7-8H2,1H3,(H,12,13). The Morgan fingerprint density at radius 1 is 1.27 bits per heavy atom. The monoisotopic (exact) mass is 207 g/mol. The molecule has 0 aliphatic heterocycles. The number of carbonyl (C=O) groups excluding carboxylic acids is 2. The topological polar surface area (TPSA) is 55.4 Å². The predicted octanol–water partition coefficient (Wildman–Crippen LogP) is 0.979. The van der Waals surface area contributed by atoms with Gasteiger partial charge >= 0.3 is 5.97 Å². The van der Waals surface area contributed by atoms with E-state index in [2.05, 4.69) is 5.32 Å². The van der Waals surface area contributed by atoms with Gasteiger partial charge in [0.25, 0.3) is 0 Å². The van der Waals surface area contributed by atoms with Crippen molar-refractivity contribution in [1.82, 2.24) is 5.32 Å². The molecule has 1 amide bonds. The lowest BCUT2D eigenvalue weighted by Crippen LogP contribution is -2.20. The van der Waals surface area contributed by atoms with Gasteiger partial charge in [-0.15, -0.1) is 0 Å². The number of carbonyl (C=O) groups is 2. The van der Waals surface area contributed by atoms with Gasteiger partial charge in [0.1, 0.15) is 6.61 Å². The van der Waals surface area contributed by atoms with E-state index in [0.717, 1.165) is 0 Å². The molecule has 1 aromatic rings. The highest BCUT2D eigenvalue weighted by Crippen LogP contribution is 2.01. The number of benzene rings is 1. The Morgan fingerprint density at radius 3 is 2.53 bits per heavy atom. The minimum absolute atomic E-state index is 0.105. The number of esters is 1. The Morgan fingerprint density at radius 2 is 1.93 bits per heavy atom. The van der Waals surface area contributed by atoms with Crippen molar-refractivity contribution in [2.75, 3.05) is 13.7 Å². The second kappa shape index (κ2) is 5.80. The van der Waals surface area contributed by atoms with Gasteiger partial charge in [0.05, 0.1) is 12.0 Å². The van der Waals surface area contributed by atoms with Crippen molar-refractivity contribution in [2.45, 2.75) is 6.42 Å². The van der Waals surface area contributed by atoms with E-state index in [1.54, 1.807) is 31.3 Å². The van der Waals surface area contributed by atoms with Gasteiger partial charge in [-0.3, -0.25) is 4.79 Å². The summed E-state index contributed by atoms with van der Waals surface area (Å²) in [5.41, 5.74) is 0.495. The van der Waals surface area contributed by atoms with Crippen LogP contribution in [-0.2, 0) is 9.53 Å². The maximum atomic E-state index is 11.4. The van der Waals surface area contributed by atoms with Crippen molar-refractivity contribution < 1.29 is 14.3 Å². The largest absolute Gasteiger partial charge is 0.462 e. The molecule has 0 saturated heterocycles. The summed E-state index contributed by atoms with van der Waals surface area (Å²) >= 11 is 0. The van der Waals surface area contributed by atoms with E-state index in [1.165, 1.54) is 0 Å². The zero-order chi connectivity index (χ0) is 11.1. The van der Waals surface area contributed by atoms with Crippen molar-refractivity contribution in [2.24, 2.45) is 0 Å². The summed E-state index contributed by atoms with van der Waals surface area (Å²) in [6.45, 7) is 0.105. The van der Waals surface area contributed by atoms with Crippen LogP contribution < -0.4 is 5.32 Å². The fourth-order valence-electron chi connectivity index (χ4n) is 1.02. The molecule has 0 heterocycles. The molecule has 1 rings (SSSR count).